The molecule has 70 valence electrons. The normalized spacial score (nSPS) is 29.6. The van der Waals surface area contributed by atoms with E-state index in [9.17, 15) is 0 Å². The van der Waals surface area contributed by atoms with E-state index in [1.165, 1.54) is 5.57 Å². The second-order valence-corrected chi connectivity index (χ2v) is 5.08. The summed E-state index contributed by atoms with van der Waals surface area (Å²) in [5.41, 5.74) is 1.49. The van der Waals surface area contributed by atoms with E-state index in [0.717, 1.165) is 12.5 Å². The lowest BCUT2D eigenvalue weighted by molar-refractivity contribution is 0.206. The van der Waals surface area contributed by atoms with Crippen LogP contribution in [0.3, 0.4) is 0 Å². The molecule has 1 aliphatic rings. The van der Waals surface area contributed by atoms with E-state index in [-0.39, 0.29) is 0 Å². The van der Waals surface area contributed by atoms with Crippen LogP contribution in [-0.4, -0.2) is 24.2 Å². The maximum Gasteiger partial charge on any atom is 0.0619 e. The van der Waals surface area contributed by atoms with Crippen molar-refractivity contribution in [2.45, 2.75) is 31.3 Å². The molecule has 1 aliphatic heterocycles. The van der Waals surface area contributed by atoms with Gasteiger partial charge in [-0.15, -0.1) is 11.8 Å². The fourth-order valence-corrected chi connectivity index (χ4v) is 2.87. The molecule has 0 spiro atoms. The smallest absolute Gasteiger partial charge is 0.0619 e. The van der Waals surface area contributed by atoms with Gasteiger partial charge in [-0.05, 0) is 12.8 Å². The predicted octanol–water partition coefficient (Wildman–Crippen LogP) is 2.72. The van der Waals surface area contributed by atoms with Crippen LogP contribution in [0.25, 0.3) is 0 Å². The number of thioether (sulfide) groups is 1. The van der Waals surface area contributed by atoms with Crippen molar-refractivity contribution in [3.63, 3.8) is 0 Å². The van der Waals surface area contributed by atoms with Gasteiger partial charge in [0.25, 0.3) is 0 Å². The molecule has 1 rings (SSSR count). The van der Waals surface area contributed by atoms with E-state index in [2.05, 4.69) is 26.8 Å². The Balaban J connectivity index is 2.49. The Bertz CT molecular complexity index is 175. The minimum Gasteiger partial charge on any atom is -0.383 e. The third kappa shape index (κ3) is 2.27. The second-order valence-electron chi connectivity index (χ2n) is 3.70. The molecule has 2 heteroatoms. The zero-order valence-electron chi connectivity index (χ0n) is 8.33. The molecule has 1 nitrogen and oxygen atoms in total. The van der Waals surface area contributed by atoms with Gasteiger partial charge in [-0.2, -0.15) is 0 Å². The molecule has 0 saturated carbocycles. The predicted molar refractivity (Wildman–Crippen MR) is 55.6 cm³/mol. The molecule has 0 unspecified atom stereocenters. The zero-order valence-corrected chi connectivity index (χ0v) is 9.15. The average molecular weight is 186 g/mol. The first-order valence-corrected chi connectivity index (χ1v) is 5.42. The van der Waals surface area contributed by atoms with E-state index in [1.807, 2.05) is 11.8 Å². The monoisotopic (exact) mass is 186 g/mol. The SMILES string of the molecule is COC[C@@H]1S[C@@H](C(C)C)C=C1C. The Morgan fingerprint density at radius 2 is 2.25 bits per heavy atom. The zero-order chi connectivity index (χ0) is 9.14. The van der Waals surface area contributed by atoms with E-state index >= 15 is 0 Å². The molecule has 0 radical (unpaired) electrons. The Kier molecular flexibility index (Phi) is 3.66. The van der Waals surface area contributed by atoms with Crippen LogP contribution in [-0.2, 0) is 4.74 Å². The molecule has 0 aromatic heterocycles. The van der Waals surface area contributed by atoms with Crippen LogP contribution in [0.15, 0.2) is 11.6 Å². The highest BCUT2D eigenvalue weighted by atomic mass is 32.2. The first kappa shape index (κ1) is 10.1. The van der Waals surface area contributed by atoms with Gasteiger partial charge in [-0.1, -0.05) is 25.5 Å². The Labute approximate surface area is 79.6 Å². The third-order valence-electron chi connectivity index (χ3n) is 2.23. The number of hydrogen-bond donors (Lipinski definition) is 0. The maximum absolute atomic E-state index is 5.16. The highest BCUT2D eigenvalue weighted by Crippen LogP contribution is 2.36. The minimum atomic E-state index is 0.599. The minimum absolute atomic E-state index is 0.599. The molecule has 12 heavy (non-hydrogen) atoms. The summed E-state index contributed by atoms with van der Waals surface area (Å²) in [5.74, 6) is 0.742. The first-order chi connectivity index (χ1) is 5.65. The van der Waals surface area contributed by atoms with Gasteiger partial charge in [0.1, 0.15) is 0 Å². The summed E-state index contributed by atoms with van der Waals surface area (Å²) in [6, 6.07) is 0. The van der Waals surface area contributed by atoms with Gasteiger partial charge in [0.05, 0.1) is 6.61 Å². The van der Waals surface area contributed by atoms with Gasteiger partial charge < -0.3 is 4.74 Å². The molecule has 1 heterocycles. The molecule has 0 bridgehead atoms. The molecule has 0 saturated heterocycles. The molecule has 0 aromatic rings. The molecule has 0 aliphatic carbocycles. The second kappa shape index (κ2) is 4.33. The van der Waals surface area contributed by atoms with Gasteiger partial charge in [0, 0.05) is 17.6 Å². The van der Waals surface area contributed by atoms with Crippen molar-refractivity contribution in [1.29, 1.82) is 0 Å². The van der Waals surface area contributed by atoms with Gasteiger partial charge in [0.15, 0.2) is 0 Å². The summed E-state index contributed by atoms with van der Waals surface area (Å²) in [6.45, 7) is 7.61. The van der Waals surface area contributed by atoms with Crippen LogP contribution in [0.5, 0.6) is 0 Å². The van der Waals surface area contributed by atoms with E-state index < -0.39 is 0 Å². The van der Waals surface area contributed by atoms with Crippen molar-refractivity contribution in [2.75, 3.05) is 13.7 Å². The highest BCUT2D eigenvalue weighted by molar-refractivity contribution is 8.01. The van der Waals surface area contributed by atoms with Crippen molar-refractivity contribution in [2.24, 2.45) is 5.92 Å². The summed E-state index contributed by atoms with van der Waals surface area (Å²) in [6.07, 6.45) is 2.39. The maximum atomic E-state index is 5.16. The van der Waals surface area contributed by atoms with Crippen LogP contribution in [0.1, 0.15) is 20.8 Å². The van der Waals surface area contributed by atoms with Crippen LogP contribution >= 0.6 is 11.8 Å². The number of rotatable bonds is 3. The summed E-state index contributed by atoms with van der Waals surface area (Å²) in [5, 5.41) is 1.30. The van der Waals surface area contributed by atoms with Crippen LogP contribution in [0.4, 0.5) is 0 Å². The van der Waals surface area contributed by atoms with Gasteiger partial charge in [-0.25, -0.2) is 0 Å². The molecule has 0 amide bonds. The van der Waals surface area contributed by atoms with Crippen molar-refractivity contribution < 1.29 is 4.74 Å². The third-order valence-corrected chi connectivity index (χ3v) is 4.06. The topological polar surface area (TPSA) is 9.23 Å². The lowest BCUT2D eigenvalue weighted by Crippen LogP contribution is -2.11. The lowest BCUT2D eigenvalue weighted by atomic mass is 10.1. The molecule has 2 atom stereocenters. The van der Waals surface area contributed by atoms with Crippen LogP contribution in [0.2, 0.25) is 0 Å². The van der Waals surface area contributed by atoms with Crippen molar-refractivity contribution in [3.05, 3.63) is 11.6 Å². The Morgan fingerprint density at radius 3 is 2.67 bits per heavy atom. The molecule has 0 N–H and O–H groups in total. The van der Waals surface area contributed by atoms with Crippen molar-refractivity contribution >= 4 is 11.8 Å². The fourth-order valence-electron chi connectivity index (χ4n) is 1.37. The number of ether oxygens (including phenoxy) is 1. The molecule has 0 aromatic carbocycles. The van der Waals surface area contributed by atoms with Crippen molar-refractivity contribution in [1.82, 2.24) is 0 Å². The quantitative estimate of drug-likeness (QED) is 0.627. The first-order valence-electron chi connectivity index (χ1n) is 4.48. The van der Waals surface area contributed by atoms with Crippen molar-refractivity contribution in [3.8, 4) is 0 Å². The summed E-state index contributed by atoms with van der Waals surface area (Å²) < 4.78 is 5.16. The molecular weight excluding hydrogens is 168 g/mol. The number of methoxy groups -OCH3 is 1. The number of hydrogen-bond acceptors (Lipinski definition) is 2. The largest absolute Gasteiger partial charge is 0.383 e. The molecular formula is C10H18OS. The lowest BCUT2D eigenvalue weighted by Gasteiger charge is -2.14. The van der Waals surface area contributed by atoms with E-state index in [4.69, 9.17) is 4.74 Å². The highest BCUT2D eigenvalue weighted by Gasteiger charge is 2.25. The van der Waals surface area contributed by atoms with Gasteiger partial charge in [0.2, 0.25) is 0 Å². The standard InChI is InChI=1S/C10H18OS/c1-7(2)9-5-8(3)10(12-9)6-11-4/h5,7,9-10H,6H2,1-4H3/t9-,10+/m1/s1. The van der Waals surface area contributed by atoms with Gasteiger partial charge >= 0.3 is 0 Å². The Hall–Kier alpha value is 0.0500. The Morgan fingerprint density at radius 1 is 1.58 bits per heavy atom. The fraction of sp³-hybridized carbons (Fsp3) is 0.800. The van der Waals surface area contributed by atoms with E-state index in [0.29, 0.717) is 10.5 Å². The van der Waals surface area contributed by atoms with Crippen LogP contribution < -0.4 is 0 Å². The van der Waals surface area contributed by atoms with Crippen LogP contribution in [0, 0.1) is 5.92 Å². The van der Waals surface area contributed by atoms with E-state index in [1.54, 1.807) is 7.11 Å². The summed E-state index contributed by atoms with van der Waals surface area (Å²) in [4.78, 5) is 0. The average Bonchev–Trinajstić information content (AvgIpc) is 2.34. The molecule has 0 fully saturated rings. The summed E-state index contributed by atoms with van der Waals surface area (Å²) >= 11 is 2.03. The summed E-state index contributed by atoms with van der Waals surface area (Å²) in [7, 11) is 1.77. The van der Waals surface area contributed by atoms with Gasteiger partial charge in [-0.3, -0.25) is 0 Å².